The summed E-state index contributed by atoms with van der Waals surface area (Å²) < 4.78 is 5.80. The minimum Gasteiger partial charge on any atom is -0.493 e. The number of nitrogens with one attached hydrogen (secondary N) is 2. The Bertz CT molecular complexity index is 696. The van der Waals surface area contributed by atoms with Crippen molar-refractivity contribution in [2.75, 3.05) is 40.3 Å². The second kappa shape index (κ2) is 13.1. The third kappa shape index (κ3) is 8.86. The van der Waals surface area contributed by atoms with Crippen LogP contribution in [0.25, 0.3) is 0 Å². The summed E-state index contributed by atoms with van der Waals surface area (Å²) in [6.45, 7) is 12.2. The molecule has 7 heteroatoms. The molecular formula is C24H41IN4O2. The molecule has 31 heavy (non-hydrogen) atoms. The van der Waals surface area contributed by atoms with Crippen LogP contribution in [-0.2, 0) is 10.2 Å². The molecule has 2 N–H and O–H groups in total. The van der Waals surface area contributed by atoms with Crippen LogP contribution in [0.3, 0.4) is 0 Å². The highest BCUT2D eigenvalue weighted by Crippen LogP contribution is 2.25. The molecule has 1 aromatic carbocycles. The molecule has 1 saturated heterocycles. The number of guanidine groups is 1. The summed E-state index contributed by atoms with van der Waals surface area (Å²) in [5.74, 6) is 2.99. The monoisotopic (exact) mass is 544 g/mol. The molecule has 0 spiro atoms. The van der Waals surface area contributed by atoms with Crippen molar-refractivity contribution in [3.05, 3.63) is 29.8 Å². The van der Waals surface area contributed by atoms with E-state index in [1.807, 2.05) is 7.05 Å². The third-order valence-corrected chi connectivity index (χ3v) is 5.79. The number of carbonyl (C=O) groups excluding carboxylic acids is 1. The van der Waals surface area contributed by atoms with Gasteiger partial charge in [0.1, 0.15) is 5.75 Å². The summed E-state index contributed by atoms with van der Waals surface area (Å²) in [6, 6.07) is 8.44. The average molecular weight is 545 g/mol. The molecular weight excluding hydrogens is 503 g/mol. The Morgan fingerprint density at radius 3 is 2.35 bits per heavy atom. The molecule has 176 valence electrons. The lowest BCUT2D eigenvalue weighted by molar-refractivity contribution is -0.121. The van der Waals surface area contributed by atoms with Crippen LogP contribution < -0.4 is 15.4 Å². The van der Waals surface area contributed by atoms with Gasteiger partial charge in [0, 0.05) is 45.6 Å². The molecule has 6 nitrogen and oxygen atoms in total. The Morgan fingerprint density at radius 2 is 1.84 bits per heavy atom. The summed E-state index contributed by atoms with van der Waals surface area (Å²) in [6.07, 6.45) is 2.67. The zero-order valence-electron chi connectivity index (χ0n) is 20.0. The van der Waals surface area contributed by atoms with Gasteiger partial charge in [-0.1, -0.05) is 39.8 Å². The van der Waals surface area contributed by atoms with Crippen molar-refractivity contribution in [2.24, 2.45) is 16.8 Å². The quantitative estimate of drug-likeness (QED) is 0.295. The second-order valence-corrected chi connectivity index (χ2v) is 9.32. The first-order valence-corrected chi connectivity index (χ1v) is 11.1. The summed E-state index contributed by atoms with van der Waals surface area (Å²) in [5.41, 5.74) is 1.23. The number of aliphatic imine (C=N–C) groups is 1. The first-order chi connectivity index (χ1) is 14.2. The van der Waals surface area contributed by atoms with Gasteiger partial charge in [-0.2, -0.15) is 0 Å². The van der Waals surface area contributed by atoms with Gasteiger partial charge in [-0.05, 0) is 42.4 Å². The minimum atomic E-state index is -0.0376. The molecule has 1 amide bonds. The zero-order chi connectivity index (χ0) is 22.1. The van der Waals surface area contributed by atoms with E-state index in [9.17, 15) is 4.79 Å². The highest BCUT2D eigenvalue weighted by Gasteiger charge is 2.25. The number of carbonyl (C=O) groups is 1. The van der Waals surface area contributed by atoms with Crippen LogP contribution >= 0.6 is 24.0 Å². The molecule has 2 rings (SSSR count). The van der Waals surface area contributed by atoms with Crippen molar-refractivity contribution in [2.45, 2.75) is 52.4 Å². The van der Waals surface area contributed by atoms with Gasteiger partial charge < -0.3 is 20.3 Å². The second-order valence-electron chi connectivity index (χ2n) is 9.32. The first kappa shape index (κ1) is 27.5. The number of nitrogens with zero attached hydrogens (tertiary/aromatic N) is 2. The summed E-state index contributed by atoms with van der Waals surface area (Å²) in [7, 11) is 3.55. The maximum Gasteiger partial charge on any atom is 0.220 e. The van der Waals surface area contributed by atoms with Crippen molar-refractivity contribution in [1.29, 1.82) is 0 Å². The van der Waals surface area contributed by atoms with Gasteiger partial charge >= 0.3 is 0 Å². The highest BCUT2D eigenvalue weighted by molar-refractivity contribution is 14.0. The minimum absolute atomic E-state index is 0. The lowest BCUT2D eigenvalue weighted by Gasteiger charge is -2.35. The SMILES string of the molecule is CN=C(NCC(C)(C)c1ccc(OCC(C)C)cc1)N1CCC(CC(=O)NC)CC1.I. The number of rotatable bonds is 8. The topological polar surface area (TPSA) is 66.0 Å². The van der Waals surface area contributed by atoms with Crippen LogP contribution in [0.2, 0.25) is 0 Å². The molecule has 0 bridgehead atoms. The molecule has 1 aliphatic heterocycles. The Labute approximate surface area is 205 Å². The van der Waals surface area contributed by atoms with E-state index in [0.29, 0.717) is 18.3 Å². The van der Waals surface area contributed by atoms with Crippen molar-refractivity contribution < 1.29 is 9.53 Å². The lowest BCUT2D eigenvalue weighted by Crippen LogP contribution is -2.48. The number of ether oxygens (including phenoxy) is 1. The van der Waals surface area contributed by atoms with Crippen LogP contribution in [-0.4, -0.2) is 57.1 Å². The molecule has 0 aromatic heterocycles. The normalized spacial score (nSPS) is 15.5. The van der Waals surface area contributed by atoms with Gasteiger partial charge in [0.2, 0.25) is 5.91 Å². The molecule has 1 heterocycles. The summed E-state index contributed by atoms with van der Waals surface area (Å²) in [5, 5.41) is 6.29. The number of halogens is 1. The molecule has 0 saturated carbocycles. The largest absolute Gasteiger partial charge is 0.493 e. The van der Waals surface area contributed by atoms with Crippen LogP contribution in [0.5, 0.6) is 5.75 Å². The predicted molar refractivity (Wildman–Crippen MR) is 140 cm³/mol. The highest BCUT2D eigenvalue weighted by atomic mass is 127. The molecule has 0 radical (unpaired) electrons. The molecule has 1 aliphatic rings. The standard InChI is InChI=1S/C24H40N4O2.HI/c1-18(2)16-30-21-9-7-20(8-10-21)24(3,4)17-27-23(26-6)28-13-11-19(12-14-28)15-22(29)25-5;/h7-10,18-19H,11-17H2,1-6H3,(H,25,29)(H,26,27);1H. The van der Waals surface area contributed by atoms with Crippen molar-refractivity contribution in [3.63, 3.8) is 0 Å². The maximum atomic E-state index is 11.6. The Hall–Kier alpha value is -1.51. The fourth-order valence-corrected chi connectivity index (χ4v) is 3.71. The molecule has 0 atom stereocenters. The van der Waals surface area contributed by atoms with E-state index >= 15 is 0 Å². The Morgan fingerprint density at radius 1 is 1.23 bits per heavy atom. The van der Waals surface area contributed by atoms with Gasteiger partial charge in [0.15, 0.2) is 5.96 Å². The fraction of sp³-hybridized carbons (Fsp3) is 0.667. The molecule has 1 aromatic rings. The Balaban J connectivity index is 0.00000480. The van der Waals surface area contributed by atoms with E-state index in [4.69, 9.17) is 4.74 Å². The van der Waals surface area contributed by atoms with Crippen molar-refractivity contribution in [3.8, 4) is 5.75 Å². The predicted octanol–water partition coefficient (Wildman–Crippen LogP) is 4.04. The van der Waals surface area contributed by atoms with Crippen LogP contribution in [0.15, 0.2) is 29.3 Å². The van der Waals surface area contributed by atoms with E-state index in [0.717, 1.165) is 50.8 Å². The number of piperidine rings is 1. The molecule has 1 fully saturated rings. The molecule has 0 aliphatic carbocycles. The first-order valence-electron chi connectivity index (χ1n) is 11.1. The number of benzene rings is 1. The lowest BCUT2D eigenvalue weighted by atomic mass is 9.84. The molecule has 0 unspecified atom stereocenters. The fourth-order valence-electron chi connectivity index (χ4n) is 3.71. The van der Waals surface area contributed by atoms with Crippen LogP contribution in [0, 0.1) is 11.8 Å². The van der Waals surface area contributed by atoms with E-state index in [1.165, 1.54) is 5.56 Å². The number of amides is 1. The van der Waals surface area contributed by atoms with Gasteiger partial charge in [0.25, 0.3) is 0 Å². The van der Waals surface area contributed by atoms with E-state index < -0.39 is 0 Å². The van der Waals surface area contributed by atoms with Crippen LogP contribution in [0.1, 0.15) is 52.5 Å². The van der Waals surface area contributed by atoms with E-state index in [1.54, 1.807) is 7.05 Å². The smallest absolute Gasteiger partial charge is 0.220 e. The van der Waals surface area contributed by atoms with Gasteiger partial charge in [-0.3, -0.25) is 9.79 Å². The van der Waals surface area contributed by atoms with Gasteiger partial charge in [-0.15, -0.1) is 24.0 Å². The Kier molecular flexibility index (Phi) is 11.7. The van der Waals surface area contributed by atoms with E-state index in [2.05, 4.69) is 72.5 Å². The summed E-state index contributed by atoms with van der Waals surface area (Å²) >= 11 is 0. The average Bonchev–Trinajstić information content (AvgIpc) is 2.74. The third-order valence-electron chi connectivity index (χ3n) is 5.79. The number of hydrogen-bond donors (Lipinski definition) is 2. The number of hydrogen-bond acceptors (Lipinski definition) is 3. The summed E-state index contributed by atoms with van der Waals surface area (Å²) in [4.78, 5) is 18.4. The number of likely N-dealkylation sites (tertiary alicyclic amines) is 1. The van der Waals surface area contributed by atoms with Crippen LogP contribution in [0.4, 0.5) is 0 Å². The van der Waals surface area contributed by atoms with Gasteiger partial charge in [-0.25, -0.2) is 0 Å². The zero-order valence-corrected chi connectivity index (χ0v) is 22.4. The van der Waals surface area contributed by atoms with Crippen molar-refractivity contribution in [1.82, 2.24) is 15.5 Å². The van der Waals surface area contributed by atoms with Gasteiger partial charge in [0.05, 0.1) is 6.61 Å². The van der Waals surface area contributed by atoms with Crippen molar-refractivity contribution >= 4 is 35.8 Å². The van der Waals surface area contributed by atoms with E-state index in [-0.39, 0.29) is 35.3 Å². The maximum absolute atomic E-state index is 11.6.